The number of aromatic hydroxyl groups is 1. The van der Waals surface area contributed by atoms with Crippen molar-refractivity contribution in [2.24, 2.45) is 0 Å². The number of aliphatic hydroxyl groups excluding tert-OH is 1. The number of ketones is 1. The second-order valence-electron chi connectivity index (χ2n) is 8.92. The van der Waals surface area contributed by atoms with E-state index in [0.717, 1.165) is 16.9 Å². The lowest BCUT2D eigenvalue weighted by molar-refractivity contribution is -0.140. The van der Waals surface area contributed by atoms with Gasteiger partial charge in [0.15, 0.2) is 11.5 Å². The van der Waals surface area contributed by atoms with Crippen molar-refractivity contribution in [1.82, 2.24) is 4.90 Å². The number of methoxy groups -OCH3 is 1. The second kappa shape index (κ2) is 9.35. The van der Waals surface area contributed by atoms with E-state index >= 15 is 0 Å². The maximum Gasteiger partial charge on any atom is 0.295 e. The number of carbonyl (C=O) groups is 2. The van der Waals surface area contributed by atoms with Gasteiger partial charge in [-0.05, 0) is 69.9 Å². The lowest BCUT2D eigenvalue weighted by atomic mass is 9.94. The van der Waals surface area contributed by atoms with Crippen molar-refractivity contribution in [3.05, 3.63) is 93.0 Å². The fourth-order valence-corrected chi connectivity index (χ4v) is 5.26. The van der Waals surface area contributed by atoms with Gasteiger partial charge in [-0.15, -0.1) is 0 Å². The summed E-state index contributed by atoms with van der Waals surface area (Å²) >= 11 is 3.33. The molecule has 3 aromatic carbocycles. The lowest BCUT2D eigenvalue weighted by Crippen LogP contribution is -2.29. The van der Waals surface area contributed by atoms with E-state index in [4.69, 9.17) is 9.47 Å². The quantitative estimate of drug-likeness (QED) is 0.261. The summed E-state index contributed by atoms with van der Waals surface area (Å²) in [7, 11) is 1.42. The monoisotopic (exact) mass is 549 g/mol. The highest BCUT2D eigenvalue weighted by Gasteiger charge is 2.46. The number of Topliss-reactive ketones (excluding diaryl/α,β-unsaturated/α-hetero) is 1. The zero-order chi connectivity index (χ0) is 25.6. The molecule has 0 bridgehead atoms. The number of likely N-dealkylation sites (tertiary alicyclic amines) is 1. The van der Waals surface area contributed by atoms with Crippen LogP contribution in [-0.2, 0) is 22.6 Å². The van der Waals surface area contributed by atoms with Crippen LogP contribution in [0.15, 0.2) is 70.7 Å². The first-order valence-electron chi connectivity index (χ1n) is 11.5. The molecular formula is C28H24BrNO6. The van der Waals surface area contributed by atoms with Crippen molar-refractivity contribution < 1.29 is 29.3 Å². The first-order valence-corrected chi connectivity index (χ1v) is 12.3. The van der Waals surface area contributed by atoms with Crippen LogP contribution in [0, 0.1) is 0 Å². The van der Waals surface area contributed by atoms with E-state index in [1.54, 1.807) is 30.3 Å². The summed E-state index contributed by atoms with van der Waals surface area (Å²) in [6, 6.07) is 16.8. The summed E-state index contributed by atoms with van der Waals surface area (Å²) in [6.07, 6.45) is 0.709. The molecule has 0 aromatic heterocycles. The molecule has 184 valence electrons. The van der Waals surface area contributed by atoms with Gasteiger partial charge < -0.3 is 24.6 Å². The van der Waals surface area contributed by atoms with Crippen molar-refractivity contribution in [3.63, 3.8) is 0 Å². The van der Waals surface area contributed by atoms with E-state index in [1.807, 2.05) is 37.3 Å². The number of hydrogen-bond acceptors (Lipinski definition) is 6. The normalized spacial score (nSPS) is 20.4. The van der Waals surface area contributed by atoms with Crippen molar-refractivity contribution in [2.45, 2.75) is 32.0 Å². The summed E-state index contributed by atoms with van der Waals surface area (Å²) in [5.74, 6) is -0.942. The second-order valence-corrected chi connectivity index (χ2v) is 9.78. The molecule has 0 spiro atoms. The number of phenolic OH excluding ortho intramolecular Hbond substituents is 1. The van der Waals surface area contributed by atoms with E-state index < -0.39 is 17.7 Å². The highest BCUT2D eigenvalue weighted by atomic mass is 79.9. The van der Waals surface area contributed by atoms with Crippen LogP contribution in [0.2, 0.25) is 0 Å². The molecule has 2 aliphatic heterocycles. The molecular weight excluding hydrogens is 526 g/mol. The minimum absolute atomic E-state index is 0.0238. The van der Waals surface area contributed by atoms with Gasteiger partial charge in [0.1, 0.15) is 17.6 Å². The fraction of sp³-hybridized carbons (Fsp3) is 0.214. The summed E-state index contributed by atoms with van der Waals surface area (Å²) < 4.78 is 11.4. The Morgan fingerprint density at radius 3 is 2.61 bits per heavy atom. The zero-order valence-corrected chi connectivity index (χ0v) is 21.3. The minimum Gasteiger partial charge on any atom is -0.507 e. The maximum absolute atomic E-state index is 13.4. The molecule has 0 saturated carbocycles. The molecule has 1 amide bonds. The van der Waals surface area contributed by atoms with Crippen LogP contribution in [0.5, 0.6) is 17.2 Å². The van der Waals surface area contributed by atoms with E-state index in [0.29, 0.717) is 22.0 Å². The SMILES string of the molecule is COc1cc([C@@H]2/C(=C(\O)c3ccc4c(c3)C[C@H](C)O4)C(=O)C(=O)N2Cc2ccccc2)cc(Br)c1O. The van der Waals surface area contributed by atoms with Gasteiger partial charge in [-0.2, -0.15) is 0 Å². The van der Waals surface area contributed by atoms with E-state index in [2.05, 4.69) is 15.9 Å². The molecule has 5 rings (SSSR count). The Bertz CT molecular complexity index is 1400. The van der Waals surface area contributed by atoms with Crippen LogP contribution < -0.4 is 9.47 Å². The van der Waals surface area contributed by atoms with Crippen LogP contribution in [0.3, 0.4) is 0 Å². The third-order valence-electron chi connectivity index (χ3n) is 6.49. The highest BCUT2D eigenvalue weighted by molar-refractivity contribution is 9.10. The third kappa shape index (κ3) is 4.11. The number of hydrogen-bond donors (Lipinski definition) is 2. The maximum atomic E-state index is 13.4. The molecule has 0 aliphatic carbocycles. The highest BCUT2D eigenvalue weighted by Crippen LogP contribution is 2.45. The first-order chi connectivity index (χ1) is 17.3. The van der Waals surface area contributed by atoms with Crippen LogP contribution in [0.1, 0.15) is 35.2 Å². The molecule has 3 aromatic rings. The van der Waals surface area contributed by atoms with Crippen LogP contribution >= 0.6 is 15.9 Å². The average Bonchev–Trinajstić information content (AvgIpc) is 3.37. The molecule has 2 aliphatic rings. The van der Waals surface area contributed by atoms with Gasteiger partial charge in [0.25, 0.3) is 11.7 Å². The minimum atomic E-state index is -0.903. The van der Waals surface area contributed by atoms with E-state index in [1.165, 1.54) is 12.0 Å². The summed E-state index contributed by atoms with van der Waals surface area (Å²) in [5.41, 5.74) is 2.67. The number of benzene rings is 3. The third-order valence-corrected chi connectivity index (χ3v) is 7.10. The number of nitrogens with zero attached hydrogens (tertiary/aromatic N) is 1. The number of ether oxygens (including phenoxy) is 2. The van der Waals surface area contributed by atoms with E-state index in [-0.39, 0.29) is 35.5 Å². The van der Waals surface area contributed by atoms with Crippen molar-refractivity contribution in [3.8, 4) is 17.2 Å². The number of phenols is 1. The van der Waals surface area contributed by atoms with E-state index in [9.17, 15) is 19.8 Å². The molecule has 1 saturated heterocycles. The Morgan fingerprint density at radius 1 is 1.14 bits per heavy atom. The summed E-state index contributed by atoms with van der Waals surface area (Å²) in [5, 5.41) is 21.8. The molecule has 2 N–H and O–H groups in total. The Labute approximate surface area is 216 Å². The molecule has 1 fully saturated rings. The van der Waals surface area contributed by atoms with Crippen LogP contribution in [0.4, 0.5) is 0 Å². The Morgan fingerprint density at radius 2 is 1.89 bits per heavy atom. The number of rotatable bonds is 5. The molecule has 7 nitrogen and oxygen atoms in total. The molecule has 2 heterocycles. The fourth-order valence-electron chi connectivity index (χ4n) is 4.80. The largest absolute Gasteiger partial charge is 0.507 e. The molecule has 0 radical (unpaired) electrons. The summed E-state index contributed by atoms with van der Waals surface area (Å²) in [4.78, 5) is 28.1. The number of halogens is 1. The smallest absolute Gasteiger partial charge is 0.295 e. The Kier molecular flexibility index (Phi) is 6.22. The standard InChI is InChI=1S/C28H24BrNO6/c1-15-10-18-11-17(8-9-21(18)36-15)25(31)23-24(19-12-20(29)26(32)22(13-19)35-2)30(28(34)27(23)33)14-16-6-4-3-5-7-16/h3-9,11-13,15,24,31-32H,10,14H2,1-2H3/b25-23+/t15-,24+/m0/s1. The van der Waals surface area contributed by atoms with Gasteiger partial charge in [-0.1, -0.05) is 30.3 Å². The first kappa shape index (κ1) is 23.9. The number of carbonyl (C=O) groups excluding carboxylic acids is 2. The van der Waals surface area contributed by atoms with Gasteiger partial charge in [0.05, 0.1) is 23.2 Å². The van der Waals surface area contributed by atoms with Crippen LogP contribution in [0.25, 0.3) is 5.76 Å². The van der Waals surface area contributed by atoms with Crippen LogP contribution in [-0.4, -0.2) is 40.0 Å². The molecule has 2 atom stereocenters. The predicted molar refractivity (Wildman–Crippen MR) is 137 cm³/mol. The van der Waals surface area contributed by atoms with Gasteiger partial charge in [0.2, 0.25) is 0 Å². The number of fused-ring (bicyclic) bond motifs is 1. The Hall–Kier alpha value is -3.78. The van der Waals surface area contributed by atoms with Crippen molar-refractivity contribution in [1.29, 1.82) is 0 Å². The van der Waals surface area contributed by atoms with Crippen molar-refractivity contribution >= 4 is 33.4 Å². The summed E-state index contributed by atoms with van der Waals surface area (Å²) in [6.45, 7) is 2.12. The van der Waals surface area contributed by atoms with Crippen molar-refractivity contribution in [2.75, 3.05) is 7.11 Å². The lowest BCUT2D eigenvalue weighted by Gasteiger charge is -2.26. The van der Waals surface area contributed by atoms with Gasteiger partial charge in [-0.25, -0.2) is 0 Å². The van der Waals surface area contributed by atoms with Gasteiger partial charge in [0, 0.05) is 18.5 Å². The molecule has 36 heavy (non-hydrogen) atoms. The number of amides is 1. The van der Waals surface area contributed by atoms with Gasteiger partial charge in [-0.3, -0.25) is 9.59 Å². The number of aliphatic hydroxyl groups is 1. The molecule has 8 heteroatoms. The Balaban J connectivity index is 1.68. The topological polar surface area (TPSA) is 96.3 Å². The zero-order valence-electron chi connectivity index (χ0n) is 19.7. The average molecular weight is 550 g/mol. The molecule has 0 unspecified atom stereocenters. The predicted octanol–water partition coefficient (Wildman–Crippen LogP) is 5.11. The van der Waals surface area contributed by atoms with Gasteiger partial charge >= 0.3 is 0 Å².